The Balaban J connectivity index is 1.04. The molecule has 4 N–H and O–H groups in total. The van der Waals surface area contributed by atoms with Crippen molar-refractivity contribution in [2.75, 3.05) is 43.4 Å². The summed E-state index contributed by atoms with van der Waals surface area (Å²) in [5.41, 5.74) is 10.9. The van der Waals surface area contributed by atoms with Gasteiger partial charge < -0.3 is 39.8 Å². The van der Waals surface area contributed by atoms with Crippen molar-refractivity contribution in [2.45, 2.75) is 84.8 Å². The number of hydrogen-bond donors (Lipinski definition) is 3. The Morgan fingerprint density at radius 1 is 0.926 bits per heavy atom. The summed E-state index contributed by atoms with van der Waals surface area (Å²) in [5, 5.41) is 21.6. The van der Waals surface area contributed by atoms with E-state index in [2.05, 4.69) is 49.6 Å². The van der Waals surface area contributed by atoms with Crippen LogP contribution in [0.15, 0.2) is 72.8 Å². The van der Waals surface area contributed by atoms with E-state index < -0.39 is 30.0 Å². The molecule has 286 valence electrons. The molecule has 2 aliphatic rings. The molecule has 3 heterocycles. The van der Waals surface area contributed by atoms with Crippen molar-refractivity contribution in [3.8, 4) is 22.8 Å². The van der Waals surface area contributed by atoms with Crippen molar-refractivity contribution < 1.29 is 28.7 Å². The molecule has 2 aliphatic heterocycles. The second-order valence-electron chi connectivity index (χ2n) is 16.0. The number of ether oxygens (including phenoxy) is 2. The van der Waals surface area contributed by atoms with Crippen LogP contribution in [0.25, 0.3) is 11.3 Å². The summed E-state index contributed by atoms with van der Waals surface area (Å²) in [6, 6.07) is 23.5. The van der Waals surface area contributed by atoms with Crippen LogP contribution in [0.1, 0.15) is 65.2 Å². The van der Waals surface area contributed by atoms with Crippen LogP contribution in [0.2, 0.25) is 0 Å². The lowest BCUT2D eigenvalue weighted by Gasteiger charge is -2.36. The molecular weight excluding hydrogens is 683 g/mol. The Hall–Kier alpha value is -4.85. The van der Waals surface area contributed by atoms with E-state index in [0.717, 1.165) is 49.4 Å². The number of piperazine rings is 1. The first-order valence-electron chi connectivity index (χ1n) is 18.6. The number of rotatable bonds is 11. The number of para-hydroxylation sites is 1. The van der Waals surface area contributed by atoms with E-state index in [1.54, 1.807) is 12.1 Å². The maximum Gasteiger partial charge on any atom is 0.494 e. The molecule has 13 heteroatoms. The summed E-state index contributed by atoms with van der Waals surface area (Å²) < 4.78 is 24.4. The molecule has 6 rings (SSSR count). The van der Waals surface area contributed by atoms with Crippen molar-refractivity contribution in [3.05, 3.63) is 89.5 Å². The van der Waals surface area contributed by atoms with E-state index in [1.165, 1.54) is 11.1 Å². The highest BCUT2D eigenvalue weighted by molar-refractivity contribution is 6.62. The normalized spacial score (nSPS) is 17.0. The minimum Gasteiger partial charge on any atom is -0.507 e. The molecule has 2 fully saturated rings. The zero-order chi connectivity index (χ0) is 38.7. The number of phenolic OH excluding ortho intramolecular Hbond substituents is 1. The topological polar surface area (TPSA) is 145 Å². The van der Waals surface area contributed by atoms with Gasteiger partial charge in [0.25, 0.3) is 0 Å². The number of amides is 1. The molecule has 0 aliphatic carbocycles. The van der Waals surface area contributed by atoms with Gasteiger partial charge in [-0.05, 0) is 89.3 Å². The molecule has 4 aromatic rings. The first-order chi connectivity index (χ1) is 25.6. The molecule has 0 radical (unpaired) electrons. The number of anilines is 2. The summed E-state index contributed by atoms with van der Waals surface area (Å²) in [5.74, 6) is 1.20. The third kappa shape index (κ3) is 9.44. The quantitative estimate of drug-likeness (QED) is 0.163. The summed E-state index contributed by atoms with van der Waals surface area (Å²) in [6.45, 7) is 18.5. The number of phenols is 1. The predicted molar refractivity (Wildman–Crippen MR) is 212 cm³/mol. The van der Waals surface area contributed by atoms with Crippen molar-refractivity contribution >= 4 is 30.2 Å². The maximum absolute atomic E-state index is 12.4. The average molecular weight is 737 g/mol. The smallest absolute Gasteiger partial charge is 0.494 e. The van der Waals surface area contributed by atoms with Crippen LogP contribution in [0.5, 0.6) is 11.5 Å². The number of nitrogens with zero attached hydrogens (tertiary/aromatic N) is 4. The van der Waals surface area contributed by atoms with Gasteiger partial charge in [0.05, 0.1) is 29.2 Å². The number of alkyl carbamates (subject to hydrolysis) is 1. The number of nitrogens with two attached hydrogens (primary N) is 1. The minimum absolute atomic E-state index is 0.161. The second-order valence-corrected chi connectivity index (χ2v) is 16.0. The van der Waals surface area contributed by atoms with Crippen molar-refractivity contribution in [1.29, 1.82) is 0 Å². The molecule has 0 saturated carbocycles. The highest BCUT2D eigenvalue weighted by Gasteiger charge is 2.51. The predicted octanol–water partition coefficient (Wildman–Crippen LogP) is 5.70. The molecule has 0 atom stereocenters. The second kappa shape index (κ2) is 15.9. The third-order valence-corrected chi connectivity index (χ3v) is 10.2. The number of benzene rings is 3. The van der Waals surface area contributed by atoms with Gasteiger partial charge in [0.2, 0.25) is 0 Å². The van der Waals surface area contributed by atoms with E-state index in [0.29, 0.717) is 35.9 Å². The van der Waals surface area contributed by atoms with Crippen molar-refractivity contribution in [1.82, 2.24) is 20.4 Å². The van der Waals surface area contributed by atoms with Gasteiger partial charge in [0.1, 0.15) is 17.1 Å². The fourth-order valence-electron chi connectivity index (χ4n) is 6.42. The highest BCUT2D eigenvalue weighted by atomic mass is 16.7. The minimum atomic E-state index is -0.595. The Morgan fingerprint density at radius 2 is 1.59 bits per heavy atom. The third-order valence-electron chi connectivity index (χ3n) is 10.2. The Labute approximate surface area is 319 Å². The zero-order valence-corrected chi connectivity index (χ0v) is 32.5. The standard InChI is InChI=1S/C41H53BN6O6/c1-39(2,3)52-38(50)44-26-30-16-17-31(42-53-40(4,5)41(6,7)54-42)24-36(30)51-23-18-28-12-14-29(15-13-28)27-47-19-21-48(22-20-47)34-25-33(45-46-37(34)43)32-10-8-9-11-35(32)49/h8-17,24-25,49H,18-23,26-27H2,1-7H3,(H2,43,46)(H,44,50). The monoisotopic (exact) mass is 736 g/mol. The summed E-state index contributed by atoms with van der Waals surface area (Å²) >= 11 is 0. The molecule has 1 aromatic heterocycles. The lowest BCUT2D eigenvalue weighted by Crippen LogP contribution is -2.46. The van der Waals surface area contributed by atoms with Crippen LogP contribution in [0.3, 0.4) is 0 Å². The Kier molecular flexibility index (Phi) is 11.4. The van der Waals surface area contributed by atoms with Crippen LogP contribution in [-0.4, -0.2) is 83.0 Å². The number of carbonyl (C=O) groups excluding carboxylic acids is 1. The number of carbonyl (C=O) groups is 1. The largest absolute Gasteiger partial charge is 0.507 e. The van der Waals surface area contributed by atoms with Gasteiger partial charge in [-0.2, -0.15) is 0 Å². The van der Waals surface area contributed by atoms with E-state index in [9.17, 15) is 9.90 Å². The highest BCUT2D eigenvalue weighted by Crippen LogP contribution is 2.37. The molecule has 54 heavy (non-hydrogen) atoms. The summed E-state index contributed by atoms with van der Waals surface area (Å²) in [7, 11) is -0.533. The molecule has 0 bridgehead atoms. The molecule has 3 aromatic carbocycles. The van der Waals surface area contributed by atoms with Crippen LogP contribution in [0, 0.1) is 0 Å². The van der Waals surface area contributed by atoms with Gasteiger partial charge in [0, 0.05) is 56.8 Å². The SMILES string of the molecule is CC(C)(C)OC(=O)NCc1ccc(B2OC(C)(C)C(C)(C)O2)cc1OCCc1ccc(CN2CCN(c3cc(-c4ccccc4O)nnc3N)CC2)cc1. The number of nitrogen functional groups attached to an aromatic ring is 1. The van der Waals surface area contributed by atoms with Gasteiger partial charge in [-0.1, -0.05) is 48.5 Å². The average Bonchev–Trinajstić information content (AvgIpc) is 3.34. The number of nitrogens with one attached hydrogen (secondary N) is 1. The summed E-state index contributed by atoms with van der Waals surface area (Å²) in [4.78, 5) is 17.1. The summed E-state index contributed by atoms with van der Waals surface area (Å²) in [6.07, 6.45) is 0.225. The van der Waals surface area contributed by atoms with Gasteiger partial charge in [0.15, 0.2) is 5.82 Å². The van der Waals surface area contributed by atoms with E-state index in [1.807, 2.05) is 84.9 Å². The van der Waals surface area contributed by atoms with E-state index in [4.69, 9.17) is 24.5 Å². The molecule has 0 unspecified atom stereocenters. The van der Waals surface area contributed by atoms with Gasteiger partial charge >= 0.3 is 13.2 Å². The Bertz CT molecular complexity index is 1910. The first-order valence-corrected chi connectivity index (χ1v) is 18.6. The molecular formula is C41H53BN6O6. The van der Waals surface area contributed by atoms with Gasteiger partial charge in [-0.25, -0.2) is 4.79 Å². The Morgan fingerprint density at radius 3 is 2.26 bits per heavy atom. The van der Waals surface area contributed by atoms with Gasteiger partial charge in [-0.15, -0.1) is 10.2 Å². The van der Waals surface area contributed by atoms with Crippen LogP contribution in [0.4, 0.5) is 16.3 Å². The fraction of sp³-hybridized carbons (Fsp3) is 0.439. The molecule has 1 amide bonds. The van der Waals surface area contributed by atoms with Gasteiger partial charge in [-0.3, -0.25) is 4.90 Å². The number of aromatic hydroxyl groups is 1. The lowest BCUT2D eigenvalue weighted by atomic mass is 9.78. The molecule has 2 saturated heterocycles. The van der Waals surface area contributed by atoms with E-state index in [-0.39, 0.29) is 12.3 Å². The lowest BCUT2D eigenvalue weighted by molar-refractivity contribution is 0.00578. The number of hydrogen-bond acceptors (Lipinski definition) is 11. The molecule has 0 spiro atoms. The van der Waals surface area contributed by atoms with Crippen molar-refractivity contribution in [3.63, 3.8) is 0 Å². The van der Waals surface area contributed by atoms with E-state index >= 15 is 0 Å². The maximum atomic E-state index is 12.4. The van der Waals surface area contributed by atoms with Crippen LogP contribution in [-0.2, 0) is 33.6 Å². The van der Waals surface area contributed by atoms with Crippen LogP contribution >= 0.6 is 0 Å². The fourth-order valence-corrected chi connectivity index (χ4v) is 6.42. The molecule has 12 nitrogen and oxygen atoms in total. The van der Waals surface area contributed by atoms with Crippen molar-refractivity contribution in [2.24, 2.45) is 0 Å². The first kappa shape index (κ1) is 38.9. The zero-order valence-electron chi connectivity index (χ0n) is 32.5. The van der Waals surface area contributed by atoms with Crippen LogP contribution < -0.4 is 26.2 Å². The number of aromatic nitrogens is 2.